The number of carbonyl (C=O) groups is 2. The number of esters is 1. The molecule has 0 aromatic heterocycles. The monoisotopic (exact) mass is 1090 g/mol. The highest BCUT2D eigenvalue weighted by Crippen LogP contribution is 2.71. The first-order valence-corrected chi connectivity index (χ1v) is 27.9. The predicted molar refractivity (Wildman–Crippen MR) is 275 cm³/mol. The molecule has 0 bridgehead atoms. The van der Waals surface area contributed by atoms with Crippen LogP contribution in [0.3, 0.4) is 0 Å². The van der Waals surface area contributed by atoms with E-state index in [1.54, 1.807) is 48.4 Å². The fraction of sp³-hybridized carbons (Fsp3) is 0.793. The van der Waals surface area contributed by atoms with Crippen LogP contribution in [0.25, 0.3) is 6.08 Å². The van der Waals surface area contributed by atoms with Crippen molar-refractivity contribution in [3.63, 3.8) is 0 Å². The standard InChI is InChI=1S/C58H86O19/c1-31-50(61)39(65-8)26-47(69-31)75-52-33(3)71-49(28-41(52)67-10)77-53-34(4)72-48(29-42(53)68-11)76-51-32(2)70-46(27-40(51)66-9)73-38-20-21-54(6)37(25-38)19-22-57(63)43(54)30-44(74-45(60)18-17-36-15-13-12-14-16-36)55(7)56(62,35(5)59)23-24-58(55,57)64/h12-19,31-34,38-44,46-53,61-64H,20-30H2,1-11H3/b18-17+. The third-order valence-corrected chi connectivity index (χ3v) is 19.6. The second-order valence-electron chi connectivity index (χ2n) is 23.6. The third-order valence-electron chi connectivity index (χ3n) is 19.6. The van der Waals surface area contributed by atoms with Gasteiger partial charge in [-0.25, -0.2) is 4.79 Å². The van der Waals surface area contributed by atoms with Gasteiger partial charge >= 0.3 is 5.97 Å². The van der Waals surface area contributed by atoms with E-state index >= 15 is 0 Å². The quantitative estimate of drug-likeness (QED) is 0.0942. The molecule has 19 nitrogen and oxygen atoms in total. The summed E-state index contributed by atoms with van der Waals surface area (Å²) in [6, 6.07) is 9.30. The summed E-state index contributed by atoms with van der Waals surface area (Å²) in [7, 11) is 6.48. The molecule has 19 heteroatoms. The summed E-state index contributed by atoms with van der Waals surface area (Å²) in [5.74, 6) is -1.80. The van der Waals surface area contributed by atoms with E-state index in [-0.39, 0.29) is 37.9 Å². The van der Waals surface area contributed by atoms with Crippen LogP contribution in [0.2, 0.25) is 0 Å². The van der Waals surface area contributed by atoms with Gasteiger partial charge in [-0.15, -0.1) is 0 Å². The molecule has 24 unspecified atom stereocenters. The average molecular weight is 1090 g/mol. The zero-order valence-electron chi connectivity index (χ0n) is 46.8. The molecule has 0 amide bonds. The van der Waals surface area contributed by atoms with E-state index in [0.29, 0.717) is 44.9 Å². The number of hydrogen-bond donors (Lipinski definition) is 4. The van der Waals surface area contributed by atoms with Crippen LogP contribution in [-0.2, 0) is 71.2 Å². The minimum absolute atomic E-state index is 0.0493. The van der Waals surface area contributed by atoms with E-state index in [4.69, 9.17) is 61.6 Å². The molecule has 4 heterocycles. The van der Waals surface area contributed by atoms with Crippen molar-refractivity contribution >= 4 is 17.8 Å². The molecule has 4 aliphatic carbocycles. The van der Waals surface area contributed by atoms with Crippen molar-refractivity contribution in [2.24, 2.45) is 16.7 Å². The highest BCUT2D eigenvalue weighted by molar-refractivity contribution is 5.88. The number of rotatable bonds is 16. The summed E-state index contributed by atoms with van der Waals surface area (Å²) >= 11 is 0. The first-order chi connectivity index (χ1) is 36.6. The lowest BCUT2D eigenvalue weighted by atomic mass is 9.42. The van der Waals surface area contributed by atoms with Crippen LogP contribution in [0.5, 0.6) is 0 Å². The Hall–Kier alpha value is -2.80. The molecule has 1 aromatic carbocycles. The molecule has 3 saturated carbocycles. The van der Waals surface area contributed by atoms with Gasteiger partial charge in [0.15, 0.2) is 30.9 Å². The maximum absolute atomic E-state index is 13.6. The van der Waals surface area contributed by atoms with Crippen LogP contribution in [0, 0.1) is 16.7 Å². The third kappa shape index (κ3) is 10.7. The van der Waals surface area contributed by atoms with Crippen molar-refractivity contribution in [3.8, 4) is 0 Å². The summed E-state index contributed by atoms with van der Waals surface area (Å²) in [5, 5.41) is 48.6. The second-order valence-corrected chi connectivity index (χ2v) is 23.6. The second kappa shape index (κ2) is 23.2. The lowest BCUT2D eigenvalue weighted by Gasteiger charge is -2.67. The van der Waals surface area contributed by atoms with Crippen molar-refractivity contribution in [1.29, 1.82) is 0 Å². The number of benzene rings is 1. The summed E-state index contributed by atoms with van der Waals surface area (Å²) in [6.45, 7) is 12.5. The Kier molecular flexibility index (Phi) is 17.7. The van der Waals surface area contributed by atoms with Crippen molar-refractivity contribution in [2.45, 2.75) is 247 Å². The summed E-state index contributed by atoms with van der Waals surface area (Å²) < 4.78 is 81.6. The lowest BCUT2D eigenvalue weighted by molar-refractivity contribution is -0.347. The Morgan fingerprint density at radius 3 is 1.65 bits per heavy atom. The molecule has 9 rings (SSSR count). The molecule has 7 fully saturated rings. The number of methoxy groups -OCH3 is 4. The van der Waals surface area contributed by atoms with E-state index in [2.05, 4.69) is 6.92 Å². The fourth-order valence-corrected chi connectivity index (χ4v) is 15.0. The topological polar surface area (TPSA) is 235 Å². The smallest absolute Gasteiger partial charge is 0.331 e. The average Bonchev–Trinajstić information content (AvgIpc) is 3.95. The highest BCUT2D eigenvalue weighted by Gasteiger charge is 2.81. The fourth-order valence-electron chi connectivity index (χ4n) is 15.0. The summed E-state index contributed by atoms with van der Waals surface area (Å²) in [4.78, 5) is 27.0. The van der Waals surface area contributed by atoms with Crippen LogP contribution in [0.1, 0.15) is 125 Å². The van der Waals surface area contributed by atoms with Crippen molar-refractivity contribution in [3.05, 3.63) is 53.6 Å². The largest absolute Gasteiger partial charge is 0.458 e. The molecule has 4 saturated heterocycles. The molecule has 4 aliphatic heterocycles. The maximum atomic E-state index is 13.6. The molecule has 0 radical (unpaired) electrons. The molecule has 0 spiro atoms. The first-order valence-electron chi connectivity index (χ1n) is 27.9. The Morgan fingerprint density at radius 1 is 0.649 bits per heavy atom. The van der Waals surface area contributed by atoms with E-state index in [9.17, 15) is 30.0 Å². The first kappa shape index (κ1) is 58.8. The molecule has 77 heavy (non-hydrogen) atoms. The molecule has 432 valence electrons. The van der Waals surface area contributed by atoms with Gasteiger partial charge in [0, 0.05) is 66.1 Å². The number of ketones is 1. The number of aliphatic hydroxyl groups excluding tert-OH is 1. The Morgan fingerprint density at radius 2 is 1.14 bits per heavy atom. The molecular weight excluding hydrogens is 1000 g/mol. The number of fused-ring (bicyclic) bond motifs is 5. The number of hydrogen-bond acceptors (Lipinski definition) is 19. The molecule has 8 aliphatic rings. The Bertz CT molecular complexity index is 2270. The maximum Gasteiger partial charge on any atom is 0.331 e. The van der Waals surface area contributed by atoms with Crippen molar-refractivity contribution in [1.82, 2.24) is 0 Å². The number of aliphatic hydroxyl groups is 4. The van der Waals surface area contributed by atoms with Crippen LogP contribution >= 0.6 is 0 Å². The number of ether oxygens (including phenoxy) is 13. The molecule has 24 atom stereocenters. The summed E-state index contributed by atoms with van der Waals surface area (Å²) in [6.07, 6.45) is -1.19. The van der Waals surface area contributed by atoms with Crippen LogP contribution < -0.4 is 0 Å². The Balaban J connectivity index is 0.809. The normalized spacial score (nSPS) is 48.1. The van der Waals surface area contributed by atoms with Gasteiger partial charge in [-0.1, -0.05) is 48.9 Å². The van der Waals surface area contributed by atoms with Gasteiger partial charge in [-0.2, -0.15) is 0 Å². The minimum atomic E-state index is -2.05. The van der Waals surface area contributed by atoms with Gasteiger partial charge in [0.1, 0.15) is 47.3 Å². The van der Waals surface area contributed by atoms with E-state index in [1.165, 1.54) is 13.0 Å². The van der Waals surface area contributed by atoms with E-state index in [0.717, 1.165) is 11.1 Å². The van der Waals surface area contributed by atoms with Gasteiger partial charge in [-0.3, -0.25) is 4.79 Å². The van der Waals surface area contributed by atoms with Crippen molar-refractivity contribution < 1.29 is 91.6 Å². The zero-order chi connectivity index (χ0) is 55.4. The number of carbonyl (C=O) groups excluding carboxylic acids is 2. The summed E-state index contributed by atoms with van der Waals surface area (Å²) in [5.41, 5.74) is -6.24. The minimum Gasteiger partial charge on any atom is -0.458 e. The highest BCUT2D eigenvalue weighted by atomic mass is 16.8. The lowest BCUT2D eigenvalue weighted by Crippen LogP contribution is -2.78. The zero-order valence-corrected chi connectivity index (χ0v) is 46.8. The van der Waals surface area contributed by atoms with Gasteiger partial charge < -0.3 is 82.0 Å². The SMILES string of the molecule is COC1CC(OC2C(C)OC(OC3C(C)OC(OC4C(C)OC(OC5CCC6(C)C(=CCC7(O)C6CC(OC(=O)/C=C/c6ccccc6)C6(C)C(O)(C(C)=O)CCC76O)C5)CC4OC)CC3OC)CC2OC)OC(C)C1O. The van der Waals surface area contributed by atoms with Crippen LogP contribution in [0.4, 0.5) is 0 Å². The predicted octanol–water partition coefficient (Wildman–Crippen LogP) is 5.24. The molecular formula is C58H86O19. The van der Waals surface area contributed by atoms with E-state index in [1.807, 2.05) is 57.2 Å². The van der Waals surface area contributed by atoms with Gasteiger partial charge in [0.25, 0.3) is 0 Å². The molecule has 4 N–H and O–H groups in total. The molecule has 1 aromatic rings. The number of Topliss-reactive ketones (excluding diaryl/α,β-unsaturated/α-hetero) is 1. The van der Waals surface area contributed by atoms with Crippen molar-refractivity contribution in [2.75, 3.05) is 28.4 Å². The van der Waals surface area contributed by atoms with Gasteiger partial charge in [0.2, 0.25) is 0 Å². The van der Waals surface area contributed by atoms with Gasteiger partial charge in [0.05, 0.1) is 60.4 Å². The van der Waals surface area contributed by atoms with Gasteiger partial charge in [-0.05, 0) is 104 Å². The van der Waals surface area contributed by atoms with Crippen LogP contribution in [-0.4, -0.2) is 188 Å². The Labute approximate surface area is 453 Å². The van der Waals surface area contributed by atoms with Crippen LogP contribution in [0.15, 0.2) is 48.1 Å². The van der Waals surface area contributed by atoms with E-state index < -0.39 is 144 Å².